The van der Waals surface area contributed by atoms with Crippen LogP contribution in [-0.2, 0) is 6.54 Å². The molecule has 2 atom stereocenters. The molecular weight excluding hydrogens is 302 g/mol. The van der Waals surface area contributed by atoms with Crippen LogP contribution < -0.4 is 0 Å². The third kappa shape index (κ3) is 2.86. The number of hydrogen-bond donors (Lipinski definition) is 1. The number of rotatable bonds is 4. The van der Waals surface area contributed by atoms with E-state index in [-0.39, 0.29) is 0 Å². The zero-order valence-corrected chi connectivity index (χ0v) is 13.9. The molecule has 1 aliphatic carbocycles. The normalized spacial score (nSPS) is 19.7. The Morgan fingerprint density at radius 1 is 1.09 bits per heavy atom. The van der Waals surface area contributed by atoms with Crippen LogP contribution in [0.3, 0.4) is 0 Å². The van der Waals surface area contributed by atoms with Crippen LogP contribution >= 0.6 is 12.2 Å². The number of aromatic amines is 1. The summed E-state index contributed by atoms with van der Waals surface area (Å²) in [5.41, 5.74) is 3.96. The molecule has 4 heteroatoms. The van der Waals surface area contributed by atoms with Gasteiger partial charge in [0.2, 0.25) is 0 Å². The molecule has 0 aliphatic heterocycles. The monoisotopic (exact) mass is 321 g/mol. The smallest absolute Gasteiger partial charge is 0.195 e. The van der Waals surface area contributed by atoms with Gasteiger partial charge >= 0.3 is 0 Å². The second-order valence-corrected chi connectivity index (χ2v) is 6.70. The van der Waals surface area contributed by atoms with Crippen LogP contribution in [-0.4, -0.2) is 14.8 Å². The van der Waals surface area contributed by atoms with Gasteiger partial charge in [-0.05, 0) is 42.6 Å². The molecule has 4 rings (SSSR count). The summed E-state index contributed by atoms with van der Waals surface area (Å²) in [7, 11) is 0. The Bertz CT molecular complexity index is 862. The van der Waals surface area contributed by atoms with E-state index in [9.17, 15) is 0 Å². The van der Waals surface area contributed by atoms with Gasteiger partial charge in [0.1, 0.15) is 5.82 Å². The van der Waals surface area contributed by atoms with Crippen LogP contribution in [0, 0.1) is 11.7 Å². The quantitative estimate of drug-likeness (QED) is 0.714. The molecule has 2 aromatic carbocycles. The van der Waals surface area contributed by atoms with Crippen molar-refractivity contribution in [1.29, 1.82) is 0 Å². The predicted molar refractivity (Wildman–Crippen MR) is 94.2 cm³/mol. The molecule has 1 aliphatic rings. The van der Waals surface area contributed by atoms with Crippen molar-refractivity contribution in [2.75, 3.05) is 0 Å². The van der Waals surface area contributed by atoms with Gasteiger partial charge < -0.3 is 0 Å². The summed E-state index contributed by atoms with van der Waals surface area (Å²) in [6, 6.07) is 19.3. The van der Waals surface area contributed by atoms with Crippen LogP contribution in [0.2, 0.25) is 0 Å². The molecule has 0 bridgehead atoms. The largest absolute Gasteiger partial charge is 0.299 e. The topological polar surface area (TPSA) is 33.6 Å². The average Bonchev–Trinajstić information content (AvgIpc) is 3.28. The van der Waals surface area contributed by atoms with Crippen molar-refractivity contribution < 1.29 is 0 Å². The van der Waals surface area contributed by atoms with Crippen molar-refractivity contribution >= 4 is 12.2 Å². The fourth-order valence-corrected chi connectivity index (χ4v) is 3.40. The molecule has 3 aromatic rings. The first-order chi connectivity index (χ1) is 11.2. The Kier molecular flexibility index (Phi) is 3.62. The number of nitrogens with zero attached hydrogens (tertiary/aromatic N) is 2. The third-order valence-corrected chi connectivity index (χ3v) is 4.91. The van der Waals surface area contributed by atoms with Gasteiger partial charge in [0.25, 0.3) is 0 Å². The van der Waals surface area contributed by atoms with Crippen LogP contribution in [0.5, 0.6) is 0 Å². The Morgan fingerprint density at radius 2 is 1.83 bits per heavy atom. The van der Waals surface area contributed by atoms with Gasteiger partial charge in [-0.1, -0.05) is 60.2 Å². The molecule has 1 N–H and O–H groups in total. The fourth-order valence-electron chi connectivity index (χ4n) is 3.19. The molecular formula is C19H19N3S. The Labute approximate surface area is 141 Å². The van der Waals surface area contributed by atoms with Crippen LogP contribution in [0.15, 0.2) is 54.6 Å². The first-order valence-electron chi connectivity index (χ1n) is 7.98. The maximum atomic E-state index is 5.44. The average molecular weight is 321 g/mol. The number of hydrogen-bond acceptors (Lipinski definition) is 2. The van der Waals surface area contributed by atoms with E-state index in [2.05, 4.69) is 70.2 Å². The molecule has 0 spiro atoms. The lowest BCUT2D eigenvalue weighted by Crippen LogP contribution is -2.05. The molecule has 0 radical (unpaired) electrons. The fraction of sp³-hybridized carbons (Fsp3) is 0.263. The molecule has 23 heavy (non-hydrogen) atoms. The summed E-state index contributed by atoms with van der Waals surface area (Å²) in [5, 5.41) is 7.49. The van der Waals surface area contributed by atoms with Crippen LogP contribution in [0.25, 0.3) is 0 Å². The van der Waals surface area contributed by atoms with Gasteiger partial charge in [0, 0.05) is 5.92 Å². The highest BCUT2D eigenvalue weighted by molar-refractivity contribution is 7.71. The van der Waals surface area contributed by atoms with Gasteiger partial charge in [0.05, 0.1) is 6.54 Å². The molecule has 1 heterocycles. The van der Waals surface area contributed by atoms with E-state index in [1.807, 2.05) is 6.07 Å². The van der Waals surface area contributed by atoms with E-state index in [0.29, 0.717) is 16.6 Å². The van der Waals surface area contributed by atoms with E-state index in [1.54, 1.807) is 0 Å². The number of aromatic nitrogens is 3. The summed E-state index contributed by atoms with van der Waals surface area (Å²) in [5.74, 6) is 2.12. The molecule has 0 unspecified atom stereocenters. The maximum Gasteiger partial charge on any atom is 0.195 e. The molecule has 0 amide bonds. The summed E-state index contributed by atoms with van der Waals surface area (Å²) >= 11 is 5.44. The summed E-state index contributed by atoms with van der Waals surface area (Å²) in [4.78, 5) is 0. The minimum Gasteiger partial charge on any atom is -0.299 e. The van der Waals surface area contributed by atoms with E-state index in [0.717, 1.165) is 18.8 Å². The molecule has 1 saturated carbocycles. The van der Waals surface area contributed by atoms with Gasteiger partial charge in [-0.25, -0.2) is 0 Å². The lowest BCUT2D eigenvalue weighted by molar-refractivity contribution is 0.712. The van der Waals surface area contributed by atoms with Crippen molar-refractivity contribution in [3.05, 3.63) is 81.9 Å². The maximum absolute atomic E-state index is 5.44. The van der Waals surface area contributed by atoms with Crippen molar-refractivity contribution in [3.63, 3.8) is 0 Å². The Hall–Kier alpha value is -2.20. The molecule has 1 fully saturated rings. The summed E-state index contributed by atoms with van der Waals surface area (Å²) < 4.78 is 2.85. The standard InChI is InChI=1S/C19H19N3S/c1-13-7-9-15(10-8-13)16-11-17(16)18-20-21-19(23)22(18)12-14-5-3-2-4-6-14/h2-10,16-17H,11-12H2,1H3,(H,21,23)/t16-,17+/m1/s1. The number of aryl methyl sites for hydroxylation is 1. The van der Waals surface area contributed by atoms with Crippen LogP contribution in [0.4, 0.5) is 0 Å². The zero-order valence-electron chi connectivity index (χ0n) is 13.1. The number of benzene rings is 2. The van der Waals surface area contributed by atoms with Crippen molar-refractivity contribution in [2.45, 2.75) is 31.7 Å². The number of H-pyrrole nitrogens is 1. The molecule has 1 aromatic heterocycles. The Morgan fingerprint density at radius 3 is 2.57 bits per heavy atom. The highest BCUT2D eigenvalue weighted by Gasteiger charge is 2.42. The van der Waals surface area contributed by atoms with E-state index < -0.39 is 0 Å². The van der Waals surface area contributed by atoms with E-state index in [1.165, 1.54) is 16.7 Å². The zero-order chi connectivity index (χ0) is 15.8. The van der Waals surface area contributed by atoms with Crippen molar-refractivity contribution in [3.8, 4) is 0 Å². The highest BCUT2D eigenvalue weighted by Crippen LogP contribution is 2.54. The molecule has 0 saturated heterocycles. The minimum atomic E-state index is 0.467. The second-order valence-electron chi connectivity index (χ2n) is 6.32. The van der Waals surface area contributed by atoms with E-state index in [4.69, 9.17) is 12.2 Å². The third-order valence-electron chi connectivity index (χ3n) is 4.60. The number of nitrogens with one attached hydrogen (secondary N) is 1. The Balaban J connectivity index is 1.59. The lowest BCUT2D eigenvalue weighted by Gasteiger charge is -2.07. The highest BCUT2D eigenvalue weighted by atomic mass is 32.1. The van der Waals surface area contributed by atoms with E-state index >= 15 is 0 Å². The summed E-state index contributed by atoms with van der Waals surface area (Å²) in [6.45, 7) is 2.90. The van der Waals surface area contributed by atoms with Gasteiger partial charge in [-0.2, -0.15) is 5.10 Å². The van der Waals surface area contributed by atoms with Gasteiger partial charge in [-0.3, -0.25) is 9.67 Å². The second kappa shape index (κ2) is 5.78. The summed E-state index contributed by atoms with van der Waals surface area (Å²) in [6.07, 6.45) is 1.15. The van der Waals surface area contributed by atoms with Crippen molar-refractivity contribution in [2.24, 2.45) is 0 Å². The molecule has 116 valence electrons. The van der Waals surface area contributed by atoms with Crippen LogP contribution in [0.1, 0.15) is 40.8 Å². The van der Waals surface area contributed by atoms with Crippen molar-refractivity contribution in [1.82, 2.24) is 14.8 Å². The van der Waals surface area contributed by atoms with Gasteiger partial charge in [0.15, 0.2) is 4.77 Å². The lowest BCUT2D eigenvalue weighted by atomic mass is 10.1. The molecule has 3 nitrogen and oxygen atoms in total. The van der Waals surface area contributed by atoms with Gasteiger partial charge in [-0.15, -0.1) is 0 Å². The first-order valence-corrected chi connectivity index (χ1v) is 8.39. The SMILES string of the molecule is Cc1ccc([C@H]2C[C@@H]2c2n[nH]c(=S)n2Cc2ccccc2)cc1. The first kappa shape index (κ1) is 14.4. The predicted octanol–water partition coefficient (Wildman–Crippen LogP) is 4.57. The minimum absolute atomic E-state index is 0.467.